The second kappa shape index (κ2) is 8.24. The van der Waals surface area contributed by atoms with E-state index in [0.29, 0.717) is 18.7 Å². The Balaban J connectivity index is 2.50. The molecule has 0 bridgehead atoms. The van der Waals surface area contributed by atoms with Gasteiger partial charge in [-0.3, -0.25) is 4.79 Å². The third kappa shape index (κ3) is 5.26. The van der Waals surface area contributed by atoms with Gasteiger partial charge in [0, 0.05) is 17.8 Å². The van der Waals surface area contributed by atoms with Gasteiger partial charge in [0.2, 0.25) is 5.91 Å². The number of carbonyl (C=O) groups excluding carboxylic acids is 1. The van der Waals surface area contributed by atoms with Crippen LogP contribution < -0.4 is 0 Å². The fourth-order valence-corrected chi connectivity index (χ4v) is 6.04. The minimum atomic E-state index is -2.89. The smallest absolute Gasteiger partial charge is 0.232 e. The Morgan fingerprint density at radius 2 is 2.05 bits per heavy atom. The number of rotatable bonds is 8. The number of hydrogen-bond donors (Lipinski definition) is 1. The topological polar surface area (TPSA) is 74.7 Å². The average Bonchev–Trinajstić information content (AvgIpc) is 2.76. The van der Waals surface area contributed by atoms with Crippen molar-refractivity contribution in [1.82, 2.24) is 4.90 Å². The Morgan fingerprint density at radius 3 is 2.50 bits per heavy atom. The van der Waals surface area contributed by atoms with Crippen molar-refractivity contribution < 1.29 is 18.3 Å². The zero-order valence-corrected chi connectivity index (χ0v) is 13.9. The lowest BCUT2D eigenvalue weighted by atomic mass is 10.1. The quantitative estimate of drug-likeness (QED) is 0.719. The van der Waals surface area contributed by atoms with Crippen molar-refractivity contribution in [3.63, 3.8) is 0 Å². The lowest BCUT2D eigenvalue weighted by molar-refractivity contribution is -0.131. The highest BCUT2D eigenvalue weighted by Crippen LogP contribution is 2.25. The molecule has 1 aliphatic heterocycles. The summed E-state index contributed by atoms with van der Waals surface area (Å²) in [5, 5.41) is 9.14. The van der Waals surface area contributed by atoms with Crippen LogP contribution in [0, 0.1) is 0 Å². The van der Waals surface area contributed by atoms with Gasteiger partial charge in [0.05, 0.1) is 23.9 Å². The molecule has 20 heavy (non-hydrogen) atoms. The molecule has 1 saturated heterocycles. The van der Waals surface area contributed by atoms with Gasteiger partial charge < -0.3 is 10.0 Å². The molecule has 0 aromatic heterocycles. The van der Waals surface area contributed by atoms with Gasteiger partial charge in [0.25, 0.3) is 0 Å². The largest absolute Gasteiger partial charge is 0.395 e. The molecular weight excluding hydrogens is 298 g/mol. The van der Waals surface area contributed by atoms with Crippen molar-refractivity contribution in [3.05, 3.63) is 0 Å². The van der Waals surface area contributed by atoms with Crippen molar-refractivity contribution in [3.8, 4) is 0 Å². The van der Waals surface area contributed by atoms with E-state index in [2.05, 4.69) is 0 Å². The number of sulfone groups is 1. The van der Waals surface area contributed by atoms with E-state index in [4.69, 9.17) is 5.11 Å². The van der Waals surface area contributed by atoms with Crippen LogP contribution in [0.1, 0.15) is 33.1 Å². The van der Waals surface area contributed by atoms with Crippen LogP contribution in [0.15, 0.2) is 0 Å². The molecule has 0 spiro atoms. The summed E-state index contributed by atoms with van der Waals surface area (Å²) in [6.45, 7) is 4.38. The molecule has 118 valence electrons. The van der Waals surface area contributed by atoms with E-state index < -0.39 is 9.84 Å². The maximum atomic E-state index is 12.3. The first kappa shape index (κ1) is 17.8. The highest BCUT2D eigenvalue weighted by molar-refractivity contribution is 8.02. The van der Waals surface area contributed by atoms with E-state index >= 15 is 0 Å². The first-order valence-electron chi connectivity index (χ1n) is 7.15. The van der Waals surface area contributed by atoms with Crippen LogP contribution in [-0.4, -0.2) is 66.0 Å². The molecule has 7 heteroatoms. The Morgan fingerprint density at radius 1 is 1.40 bits per heavy atom. The average molecular weight is 323 g/mol. The van der Waals surface area contributed by atoms with Gasteiger partial charge in [-0.25, -0.2) is 8.42 Å². The molecule has 1 unspecified atom stereocenters. The minimum Gasteiger partial charge on any atom is -0.395 e. The number of amides is 1. The third-order valence-corrected chi connectivity index (χ3v) is 6.94. The van der Waals surface area contributed by atoms with Crippen LogP contribution in [0.25, 0.3) is 0 Å². The fourth-order valence-electron chi connectivity index (χ4n) is 2.51. The van der Waals surface area contributed by atoms with Gasteiger partial charge in [-0.1, -0.05) is 13.8 Å². The van der Waals surface area contributed by atoms with Crippen molar-refractivity contribution in [2.45, 2.75) is 44.4 Å². The van der Waals surface area contributed by atoms with Crippen LogP contribution >= 0.6 is 11.8 Å². The highest BCUT2D eigenvalue weighted by Gasteiger charge is 2.29. The Hall–Kier alpha value is -0.270. The van der Waals surface area contributed by atoms with Crippen molar-refractivity contribution >= 4 is 27.5 Å². The zero-order chi connectivity index (χ0) is 15.2. The standard InChI is InChI=1S/C13H25NO4S2/c1-3-11(4-2)14(6-7-15)13(16)9-19-12-5-8-20(17,18)10-12/h11-12,15H,3-10H2,1-2H3. The second-order valence-corrected chi connectivity index (χ2v) is 8.63. The third-order valence-electron chi connectivity index (χ3n) is 3.68. The molecule has 0 aromatic rings. The van der Waals surface area contributed by atoms with Gasteiger partial charge in [0.1, 0.15) is 0 Å². The van der Waals surface area contributed by atoms with E-state index in [9.17, 15) is 13.2 Å². The molecule has 1 aliphatic rings. The Kier molecular flexibility index (Phi) is 7.33. The number of carbonyl (C=O) groups is 1. The summed E-state index contributed by atoms with van der Waals surface area (Å²) >= 11 is 1.43. The second-order valence-electron chi connectivity index (χ2n) is 5.12. The minimum absolute atomic E-state index is 0.00190. The van der Waals surface area contributed by atoms with Crippen LogP contribution in [0.5, 0.6) is 0 Å². The molecule has 0 saturated carbocycles. The molecular formula is C13H25NO4S2. The van der Waals surface area contributed by atoms with Crippen LogP contribution in [0.3, 0.4) is 0 Å². The summed E-state index contributed by atoms with van der Waals surface area (Å²) in [5.74, 6) is 0.736. The maximum Gasteiger partial charge on any atom is 0.232 e. The first-order valence-corrected chi connectivity index (χ1v) is 10.0. The van der Waals surface area contributed by atoms with Gasteiger partial charge in [0.15, 0.2) is 9.84 Å². The molecule has 1 rings (SSSR count). The van der Waals surface area contributed by atoms with Crippen molar-refractivity contribution in [2.75, 3.05) is 30.4 Å². The highest BCUT2D eigenvalue weighted by atomic mass is 32.2. The Labute approximate surface area is 126 Å². The number of hydrogen-bond acceptors (Lipinski definition) is 5. The van der Waals surface area contributed by atoms with Gasteiger partial charge >= 0.3 is 0 Å². The monoisotopic (exact) mass is 323 g/mol. The lowest BCUT2D eigenvalue weighted by Gasteiger charge is -2.30. The molecule has 5 nitrogen and oxygen atoms in total. The van der Waals surface area contributed by atoms with E-state index in [1.165, 1.54) is 11.8 Å². The molecule has 1 fully saturated rings. The summed E-state index contributed by atoms with van der Waals surface area (Å²) in [7, 11) is -2.89. The molecule has 1 amide bonds. The van der Waals surface area contributed by atoms with E-state index in [0.717, 1.165) is 12.8 Å². The van der Waals surface area contributed by atoms with Crippen LogP contribution in [0.4, 0.5) is 0 Å². The molecule has 0 aromatic carbocycles. The summed E-state index contributed by atoms with van der Waals surface area (Å²) in [5.41, 5.74) is 0. The molecule has 0 radical (unpaired) electrons. The molecule has 0 aliphatic carbocycles. The predicted molar refractivity (Wildman–Crippen MR) is 82.7 cm³/mol. The first-order chi connectivity index (χ1) is 9.43. The van der Waals surface area contributed by atoms with E-state index in [1.807, 2.05) is 13.8 Å². The number of aliphatic hydroxyl groups is 1. The maximum absolute atomic E-state index is 12.3. The summed E-state index contributed by atoms with van der Waals surface area (Å²) in [6, 6.07) is 0.155. The van der Waals surface area contributed by atoms with Gasteiger partial charge in [-0.15, -0.1) is 11.8 Å². The van der Waals surface area contributed by atoms with Gasteiger partial charge in [-0.2, -0.15) is 0 Å². The van der Waals surface area contributed by atoms with E-state index in [-0.39, 0.29) is 35.3 Å². The van der Waals surface area contributed by atoms with Gasteiger partial charge in [-0.05, 0) is 19.3 Å². The number of nitrogens with zero attached hydrogens (tertiary/aromatic N) is 1. The van der Waals surface area contributed by atoms with Crippen LogP contribution in [-0.2, 0) is 14.6 Å². The van der Waals surface area contributed by atoms with Crippen molar-refractivity contribution in [1.29, 1.82) is 0 Å². The SMILES string of the molecule is CCC(CC)N(CCO)C(=O)CSC1CCS(=O)(=O)C1. The zero-order valence-electron chi connectivity index (χ0n) is 12.2. The fraction of sp³-hybridized carbons (Fsp3) is 0.923. The molecule has 1 heterocycles. The number of thioether (sulfide) groups is 1. The van der Waals surface area contributed by atoms with Crippen LogP contribution in [0.2, 0.25) is 0 Å². The summed E-state index contributed by atoms with van der Waals surface area (Å²) < 4.78 is 22.8. The molecule has 1 N–H and O–H groups in total. The Bertz CT molecular complexity index is 407. The summed E-state index contributed by atoms with van der Waals surface area (Å²) in [6.07, 6.45) is 2.38. The lowest BCUT2D eigenvalue weighted by Crippen LogP contribution is -2.42. The van der Waals surface area contributed by atoms with Crippen molar-refractivity contribution in [2.24, 2.45) is 0 Å². The number of aliphatic hydroxyl groups excluding tert-OH is 1. The molecule has 1 atom stereocenters. The predicted octanol–water partition coefficient (Wildman–Crippen LogP) is 0.916. The summed E-state index contributed by atoms with van der Waals surface area (Å²) in [4.78, 5) is 14.0. The normalized spacial score (nSPS) is 21.3. The van der Waals surface area contributed by atoms with E-state index in [1.54, 1.807) is 4.90 Å².